The third kappa shape index (κ3) is 3.32. The summed E-state index contributed by atoms with van der Waals surface area (Å²) in [7, 11) is 0. The quantitative estimate of drug-likeness (QED) is 0.852. The van der Waals surface area contributed by atoms with Crippen LogP contribution in [0.15, 0.2) is 36.9 Å². The van der Waals surface area contributed by atoms with E-state index in [1.807, 2.05) is 4.68 Å². The molecule has 100 valence electrons. The molecule has 1 aromatic heterocycles. The van der Waals surface area contributed by atoms with Gasteiger partial charge < -0.3 is 10.6 Å². The predicted molar refractivity (Wildman–Crippen MR) is 75.1 cm³/mol. The van der Waals surface area contributed by atoms with Gasteiger partial charge in [-0.2, -0.15) is 5.10 Å². The molecule has 0 radical (unpaired) electrons. The summed E-state index contributed by atoms with van der Waals surface area (Å²) in [5.41, 5.74) is 2.40. The molecule has 3 rings (SSSR count). The fourth-order valence-corrected chi connectivity index (χ4v) is 2.45. The summed E-state index contributed by atoms with van der Waals surface area (Å²) in [6, 6.07) is 9.09. The topological polar surface area (TPSA) is 54.8 Å². The smallest absolute Gasteiger partial charge is 0.137 e. The number of aromatic nitrogens is 3. The van der Waals surface area contributed by atoms with Gasteiger partial charge in [-0.15, -0.1) is 0 Å². The summed E-state index contributed by atoms with van der Waals surface area (Å²) in [4.78, 5) is 3.96. The maximum Gasteiger partial charge on any atom is 0.137 e. The van der Waals surface area contributed by atoms with Crippen molar-refractivity contribution in [3.8, 4) is 0 Å². The average Bonchev–Trinajstić information content (AvgIpc) is 3.10. The molecule has 0 amide bonds. The highest BCUT2D eigenvalue weighted by Crippen LogP contribution is 2.13. The van der Waals surface area contributed by atoms with Crippen molar-refractivity contribution in [1.29, 1.82) is 0 Å². The van der Waals surface area contributed by atoms with E-state index in [2.05, 4.69) is 45.0 Å². The van der Waals surface area contributed by atoms with Crippen LogP contribution in [-0.2, 0) is 6.54 Å². The van der Waals surface area contributed by atoms with Gasteiger partial charge in [0.05, 0.1) is 6.54 Å². The first-order valence-corrected chi connectivity index (χ1v) is 6.79. The number of rotatable bonds is 5. The van der Waals surface area contributed by atoms with Gasteiger partial charge in [0.1, 0.15) is 12.7 Å². The summed E-state index contributed by atoms with van der Waals surface area (Å²) in [6.07, 6.45) is 5.86. The molecule has 0 aliphatic carbocycles. The third-order valence-electron chi connectivity index (χ3n) is 3.45. The molecule has 1 atom stereocenters. The number of hydrogen-bond donors (Lipinski definition) is 2. The van der Waals surface area contributed by atoms with Crippen LogP contribution < -0.4 is 10.6 Å². The van der Waals surface area contributed by atoms with Gasteiger partial charge in [-0.3, -0.25) is 0 Å². The maximum atomic E-state index is 4.13. The zero-order valence-corrected chi connectivity index (χ0v) is 10.9. The van der Waals surface area contributed by atoms with Gasteiger partial charge in [-0.05, 0) is 37.1 Å². The van der Waals surface area contributed by atoms with Crippen LogP contribution >= 0.6 is 0 Å². The Bertz CT molecular complexity index is 502. The first-order chi connectivity index (χ1) is 9.40. The maximum absolute atomic E-state index is 4.13. The van der Waals surface area contributed by atoms with Crippen molar-refractivity contribution >= 4 is 5.69 Å². The van der Waals surface area contributed by atoms with E-state index in [1.165, 1.54) is 24.1 Å². The highest BCUT2D eigenvalue weighted by molar-refractivity contribution is 5.45. The summed E-state index contributed by atoms with van der Waals surface area (Å²) in [5.74, 6) is 0. The fourth-order valence-electron chi connectivity index (χ4n) is 2.45. The molecular formula is C14H19N5. The van der Waals surface area contributed by atoms with Crippen LogP contribution in [0.3, 0.4) is 0 Å². The van der Waals surface area contributed by atoms with E-state index >= 15 is 0 Å². The van der Waals surface area contributed by atoms with Gasteiger partial charge in [0, 0.05) is 18.3 Å². The molecule has 2 N–H and O–H groups in total. The van der Waals surface area contributed by atoms with Crippen molar-refractivity contribution in [3.63, 3.8) is 0 Å². The van der Waals surface area contributed by atoms with E-state index in [0.29, 0.717) is 6.04 Å². The molecule has 5 heteroatoms. The normalized spacial score (nSPS) is 18.6. The first kappa shape index (κ1) is 12.2. The van der Waals surface area contributed by atoms with Crippen LogP contribution in [0.25, 0.3) is 0 Å². The minimum atomic E-state index is 0.610. The van der Waals surface area contributed by atoms with Crippen molar-refractivity contribution < 1.29 is 0 Å². The first-order valence-electron chi connectivity index (χ1n) is 6.79. The van der Waals surface area contributed by atoms with Crippen LogP contribution in [0.1, 0.15) is 18.4 Å². The zero-order chi connectivity index (χ0) is 12.9. The second-order valence-electron chi connectivity index (χ2n) is 4.97. The molecule has 1 fully saturated rings. The lowest BCUT2D eigenvalue weighted by atomic mass is 10.2. The van der Waals surface area contributed by atoms with Crippen molar-refractivity contribution in [2.24, 2.45) is 0 Å². The molecular weight excluding hydrogens is 238 g/mol. The molecule has 1 aliphatic heterocycles. The summed E-state index contributed by atoms with van der Waals surface area (Å²) in [6.45, 7) is 2.91. The van der Waals surface area contributed by atoms with Crippen molar-refractivity contribution in [2.75, 3.05) is 18.4 Å². The Morgan fingerprint density at radius 2 is 2.42 bits per heavy atom. The van der Waals surface area contributed by atoms with Gasteiger partial charge >= 0.3 is 0 Å². The van der Waals surface area contributed by atoms with E-state index in [9.17, 15) is 0 Å². The molecule has 2 heterocycles. The summed E-state index contributed by atoms with van der Waals surface area (Å²) in [5, 5.41) is 11.1. The lowest BCUT2D eigenvalue weighted by Crippen LogP contribution is -2.29. The summed E-state index contributed by atoms with van der Waals surface area (Å²) >= 11 is 0. The van der Waals surface area contributed by atoms with Gasteiger partial charge in [0.2, 0.25) is 0 Å². The van der Waals surface area contributed by atoms with Gasteiger partial charge in [0.25, 0.3) is 0 Å². The number of nitrogens with zero attached hydrogens (tertiary/aromatic N) is 3. The minimum absolute atomic E-state index is 0.610. The highest BCUT2D eigenvalue weighted by Gasteiger charge is 2.13. The molecule has 2 aromatic rings. The fraction of sp³-hybridized carbons (Fsp3) is 0.429. The average molecular weight is 257 g/mol. The Labute approximate surface area is 113 Å². The number of benzene rings is 1. The molecule has 1 unspecified atom stereocenters. The second kappa shape index (κ2) is 5.84. The van der Waals surface area contributed by atoms with E-state index in [0.717, 1.165) is 19.6 Å². The Morgan fingerprint density at radius 3 is 3.21 bits per heavy atom. The van der Waals surface area contributed by atoms with Crippen LogP contribution in [0.2, 0.25) is 0 Å². The molecule has 1 aromatic carbocycles. The minimum Gasteiger partial charge on any atom is -0.383 e. The van der Waals surface area contributed by atoms with Gasteiger partial charge in [-0.25, -0.2) is 9.67 Å². The number of hydrogen-bond acceptors (Lipinski definition) is 4. The number of anilines is 1. The second-order valence-corrected chi connectivity index (χ2v) is 4.97. The largest absolute Gasteiger partial charge is 0.383 e. The van der Waals surface area contributed by atoms with Gasteiger partial charge in [0.15, 0.2) is 0 Å². The van der Waals surface area contributed by atoms with Crippen LogP contribution in [0.5, 0.6) is 0 Å². The molecule has 0 spiro atoms. The van der Waals surface area contributed by atoms with Crippen molar-refractivity contribution in [2.45, 2.75) is 25.4 Å². The van der Waals surface area contributed by atoms with Gasteiger partial charge in [-0.1, -0.05) is 12.1 Å². The predicted octanol–water partition coefficient (Wildman–Crippen LogP) is 1.49. The van der Waals surface area contributed by atoms with E-state index in [-0.39, 0.29) is 0 Å². The lowest BCUT2D eigenvalue weighted by Gasteiger charge is -2.13. The van der Waals surface area contributed by atoms with Crippen LogP contribution in [0.4, 0.5) is 5.69 Å². The molecule has 1 saturated heterocycles. The Kier molecular flexibility index (Phi) is 3.74. The zero-order valence-electron chi connectivity index (χ0n) is 10.9. The molecule has 0 bridgehead atoms. The summed E-state index contributed by atoms with van der Waals surface area (Å²) < 4.78 is 1.83. The SMILES string of the molecule is c1cc(Cn2cncn2)cc(NCC2CCCN2)c1. The van der Waals surface area contributed by atoms with Crippen molar-refractivity contribution in [3.05, 3.63) is 42.5 Å². The van der Waals surface area contributed by atoms with E-state index in [4.69, 9.17) is 0 Å². The molecule has 19 heavy (non-hydrogen) atoms. The monoisotopic (exact) mass is 257 g/mol. The molecule has 5 nitrogen and oxygen atoms in total. The Morgan fingerprint density at radius 1 is 1.42 bits per heavy atom. The van der Waals surface area contributed by atoms with E-state index < -0.39 is 0 Å². The standard InChI is InChI=1S/C14H19N5/c1-3-12(9-19-11-15-10-18-19)7-13(4-1)17-8-14-5-2-6-16-14/h1,3-4,7,10-11,14,16-17H,2,5-6,8-9H2. The third-order valence-corrected chi connectivity index (χ3v) is 3.45. The van der Waals surface area contributed by atoms with Crippen molar-refractivity contribution in [1.82, 2.24) is 20.1 Å². The molecule has 1 aliphatic rings. The molecule has 0 saturated carbocycles. The van der Waals surface area contributed by atoms with Crippen LogP contribution in [0, 0.1) is 0 Å². The Balaban J connectivity index is 1.59. The van der Waals surface area contributed by atoms with E-state index in [1.54, 1.807) is 12.7 Å². The highest BCUT2D eigenvalue weighted by atomic mass is 15.3. The Hall–Kier alpha value is -1.88. The lowest BCUT2D eigenvalue weighted by molar-refractivity contribution is 0.633. The van der Waals surface area contributed by atoms with Crippen LogP contribution in [-0.4, -0.2) is 33.9 Å². The number of nitrogens with one attached hydrogen (secondary N) is 2.